The van der Waals surface area contributed by atoms with Crippen LogP contribution < -0.4 is 10.2 Å². The van der Waals surface area contributed by atoms with Crippen LogP contribution in [0.25, 0.3) is 0 Å². The second-order valence-electron chi connectivity index (χ2n) is 4.21. The molecular weight excluding hydrogens is 257 g/mol. The number of rotatable bonds is 4. The topological polar surface area (TPSA) is 45.2 Å². The minimum atomic E-state index is -0.322. The Bertz CT molecular complexity index is 581. The lowest BCUT2D eigenvalue weighted by molar-refractivity contribution is 0.0988. The standard InChI is InChI=1S/C15H16FN3O/c1-3-19(13-7-5-12(16)6-8-13)15(20)11-4-9-14(17-2)18-10-11/h4-10H,3H2,1-2H3,(H,17,18). The Morgan fingerprint density at radius 3 is 2.45 bits per heavy atom. The van der Waals surface area contributed by atoms with Gasteiger partial charge in [0.25, 0.3) is 5.91 Å². The van der Waals surface area contributed by atoms with E-state index < -0.39 is 0 Å². The first-order valence-electron chi connectivity index (χ1n) is 6.37. The molecule has 2 rings (SSSR count). The molecule has 0 radical (unpaired) electrons. The number of benzene rings is 1. The van der Waals surface area contributed by atoms with E-state index in [9.17, 15) is 9.18 Å². The summed E-state index contributed by atoms with van der Waals surface area (Å²) in [6.45, 7) is 2.37. The van der Waals surface area contributed by atoms with Crippen molar-refractivity contribution in [2.24, 2.45) is 0 Å². The van der Waals surface area contributed by atoms with Crippen LogP contribution in [0.4, 0.5) is 15.9 Å². The third-order valence-electron chi connectivity index (χ3n) is 2.97. The van der Waals surface area contributed by atoms with Gasteiger partial charge in [-0.3, -0.25) is 4.79 Å². The predicted molar refractivity (Wildman–Crippen MR) is 77.5 cm³/mol. The molecule has 1 aromatic carbocycles. The summed E-state index contributed by atoms with van der Waals surface area (Å²) in [5, 5.41) is 2.90. The Hall–Kier alpha value is -2.43. The summed E-state index contributed by atoms with van der Waals surface area (Å²) in [5.74, 6) is 0.220. The van der Waals surface area contributed by atoms with Crippen LogP contribution in [0.3, 0.4) is 0 Å². The summed E-state index contributed by atoms with van der Waals surface area (Å²) in [6.07, 6.45) is 1.53. The third-order valence-corrected chi connectivity index (χ3v) is 2.97. The Kier molecular flexibility index (Phi) is 4.30. The van der Waals surface area contributed by atoms with Crippen molar-refractivity contribution in [1.29, 1.82) is 0 Å². The van der Waals surface area contributed by atoms with E-state index in [1.165, 1.54) is 18.3 Å². The van der Waals surface area contributed by atoms with Gasteiger partial charge in [0.1, 0.15) is 11.6 Å². The lowest BCUT2D eigenvalue weighted by Gasteiger charge is -2.21. The highest BCUT2D eigenvalue weighted by molar-refractivity contribution is 6.05. The van der Waals surface area contributed by atoms with Crippen molar-refractivity contribution in [3.63, 3.8) is 0 Å². The predicted octanol–water partition coefficient (Wildman–Crippen LogP) is 2.93. The van der Waals surface area contributed by atoms with Crippen LogP contribution >= 0.6 is 0 Å². The van der Waals surface area contributed by atoms with E-state index in [-0.39, 0.29) is 11.7 Å². The summed E-state index contributed by atoms with van der Waals surface area (Å²) in [7, 11) is 1.76. The Morgan fingerprint density at radius 1 is 1.25 bits per heavy atom. The SMILES string of the molecule is CCN(C(=O)c1ccc(NC)nc1)c1ccc(F)cc1. The molecule has 0 atom stereocenters. The molecular formula is C15H16FN3O. The number of aromatic nitrogens is 1. The van der Waals surface area contributed by atoms with Crippen LogP contribution in [-0.4, -0.2) is 24.5 Å². The molecule has 0 spiro atoms. The summed E-state index contributed by atoms with van der Waals surface area (Å²) >= 11 is 0. The third kappa shape index (κ3) is 2.93. The minimum Gasteiger partial charge on any atom is -0.373 e. The Labute approximate surface area is 117 Å². The molecule has 1 aromatic heterocycles. The summed E-state index contributed by atoms with van der Waals surface area (Å²) < 4.78 is 12.9. The largest absolute Gasteiger partial charge is 0.373 e. The van der Waals surface area contributed by atoms with Crippen molar-refractivity contribution in [2.75, 3.05) is 23.8 Å². The van der Waals surface area contributed by atoms with Crippen LogP contribution in [0.5, 0.6) is 0 Å². The highest BCUT2D eigenvalue weighted by Crippen LogP contribution is 2.18. The molecule has 104 valence electrons. The van der Waals surface area contributed by atoms with Crippen LogP contribution in [-0.2, 0) is 0 Å². The molecule has 1 N–H and O–H groups in total. The van der Waals surface area contributed by atoms with Gasteiger partial charge in [-0.1, -0.05) is 0 Å². The zero-order valence-corrected chi connectivity index (χ0v) is 11.4. The molecule has 5 heteroatoms. The molecule has 0 unspecified atom stereocenters. The van der Waals surface area contributed by atoms with Crippen LogP contribution in [0, 0.1) is 5.82 Å². The van der Waals surface area contributed by atoms with E-state index in [2.05, 4.69) is 10.3 Å². The van der Waals surface area contributed by atoms with Crippen LogP contribution in [0.15, 0.2) is 42.6 Å². The number of carbonyl (C=O) groups excluding carboxylic acids is 1. The maximum absolute atomic E-state index is 12.9. The first-order valence-corrected chi connectivity index (χ1v) is 6.37. The highest BCUT2D eigenvalue weighted by Gasteiger charge is 2.16. The van der Waals surface area contributed by atoms with Gasteiger partial charge in [-0.05, 0) is 43.3 Å². The maximum Gasteiger partial charge on any atom is 0.259 e. The van der Waals surface area contributed by atoms with Crippen molar-refractivity contribution in [3.05, 3.63) is 54.0 Å². The molecule has 0 bridgehead atoms. The number of anilines is 2. The van der Waals surface area contributed by atoms with E-state index >= 15 is 0 Å². The average Bonchev–Trinajstić information content (AvgIpc) is 2.50. The summed E-state index contributed by atoms with van der Waals surface area (Å²) in [4.78, 5) is 18.1. The maximum atomic E-state index is 12.9. The van der Waals surface area contributed by atoms with Crippen molar-refractivity contribution in [1.82, 2.24) is 4.98 Å². The fraction of sp³-hybridized carbons (Fsp3) is 0.200. The Balaban J connectivity index is 2.26. The van der Waals surface area contributed by atoms with Gasteiger partial charge in [-0.25, -0.2) is 9.37 Å². The van der Waals surface area contributed by atoms with Crippen molar-refractivity contribution in [2.45, 2.75) is 6.92 Å². The van der Waals surface area contributed by atoms with Gasteiger partial charge in [0, 0.05) is 25.5 Å². The zero-order valence-electron chi connectivity index (χ0n) is 11.4. The number of amides is 1. The average molecular weight is 273 g/mol. The van der Waals surface area contributed by atoms with E-state index in [1.54, 1.807) is 36.2 Å². The first-order chi connectivity index (χ1) is 9.65. The fourth-order valence-electron chi connectivity index (χ4n) is 1.89. The molecule has 4 nitrogen and oxygen atoms in total. The highest BCUT2D eigenvalue weighted by atomic mass is 19.1. The van der Waals surface area contributed by atoms with Gasteiger partial charge in [0.05, 0.1) is 5.56 Å². The summed E-state index contributed by atoms with van der Waals surface area (Å²) in [6, 6.07) is 9.32. The van der Waals surface area contributed by atoms with Crippen molar-refractivity contribution in [3.8, 4) is 0 Å². The number of nitrogens with zero attached hydrogens (tertiary/aromatic N) is 2. The van der Waals surface area contributed by atoms with E-state index in [4.69, 9.17) is 0 Å². The molecule has 0 aliphatic heterocycles. The van der Waals surface area contributed by atoms with E-state index in [0.29, 0.717) is 23.6 Å². The van der Waals surface area contributed by atoms with Crippen LogP contribution in [0.1, 0.15) is 17.3 Å². The molecule has 1 heterocycles. The van der Waals surface area contributed by atoms with E-state index in [0.717, 1.165) is 0 Å². The molecule has 20 heavy (non-hydrogen) atoms. The lowest BCUT2D eigenvalue weighted by Crippen LogP contribution is -2.30. The second-order valence-corrected chi connectivity index (χ2v) is 4.21. The van der Waals surface area contributed by atoms with Gasteiger partial charge in [0.2, 0.25) is 0 Å². The van der Waals surface area contributed by atoms with Gasteiger partial charge in [0.15, 0.2) is 0 Å². The number of pyridine rings is 1. The van der Waals surface area contributed by atoms with Gasteiger partial charge >= 0.3 is 0 Å². The van der Waals surface area contributed by atoms with Gasteiger partial charge in [-0.15, -0.1) is 0 Å². The fourth-order valence-corrected chi connectivity index (χ4v) is 1.89. The zero-order chi connectivity index (χ0) is 14.5. The van der Waals surface area contributed by atoms with Crippen molar-refractivity contribution >= 4 is 17.4 Å². The molecule has 0 saturated heterocycles. The number of nitrogens with one attached hydrogen (secondary N) is 1. The lowest BCUT2D eigenvalue weighted by atomic mass is 10.2. The van der Waals surface area contributed by atoms with Crippen molar-refractivity contribution < 1.29 is 9.18 Å². The molecule has 2 aromatic rings. The minimum absolute atomic E-state index is 0.158. The number of halogens is 1. The van der Waals surface area contributed by atoms with Crippen LogP contribution in [0.2, 0.25) is 0 Å². The Morgan fingerprint density at radius 2 is 1.95 bits per heavy atom. The van der Waals surface area contributed by atoms with Gasteiger partial charge < -0.3 is 10.2 Å². The summed E-state index contributed by atoms with van der Waals surface area (Å²) in [5.41, 5.74) is 1.16. The molecule has 0 aliphatic carbocycles. The molecule has 0 fully saturated rings. The molecule has 1 amide bonds. The van der Waals surface area contributed by atoms with Gasteiger partial charge in [-0.2, -0.15) is 0 Å². The smallest absolute Gasteiger partial charge is 0.259 e. The molecule has 0 saturated carbocycles. The monoisotopic (exact) mass is 273 g/mol. The first kappa shape index (κ1) is 14.0. The van der Waals surface area contributed by atoms with E-state index in [1.807, 2.05) is 6.92 Å². The number of hydrogen-bond acceptors (Lipinski definition) is 3. The number of hydrogen-bond donors (Lipinski definition) is 1. The second kappa shape index (κ2) is 6.14. The quantitative estimate of drug-likeness (QED) is 0.931. The normalized spacial score (nSPS) is 10.2. The molecule has 0 aliphatic rings. The number of carbonyl (C=O) groups is 1.